The van der Waals surface area contributed by atoms with E-state index in [1.807, 2.05) is 4.90 Å². The van der Waals surface area contributed by atoms with E-state index >= 15 is 0 Å². The largest absolute Gasteiger partial charge is 0.384 e. The molecule has 5 heteroatoms. The number of nitrogens with zero attached hydrogens (tertiary/aromatic N) is 2. The minimum atomic E-state index is 0.0197. The van der Waals surface area contributed by atoms with E-state index in [1.54, 1.807) is 12.1 Å². The van der Waals surface area contributed by atoms with Crippen LogP contribution in [0.4, 0.5) is 5.82 Å². The van der Waals surface area contributed by atoms with Crippen molar-refractivity contribution in [3.8, 4) is 0 Å². The molecule has 2 aliphatic heterocycles. The van der Waals surface area contributed by atoms with Crippen LogP contribution in [0.1, 0.15) is 29.6 Å². The average molecular weight is 230 g/mol. The smallest absolute Gasteiger partial charge is 0.255 e. The van der Waals surface area contributed by atoms with E-state index in [1.165, 1.54) is 6.20 Å². The second kappa shape index (κ2) is 3.55. The van der Waals surface area contributed by atoms with Gasteiger partial charge in [-0.25, -0.2) is 4.98 Å². The minimum Gasteiger partial charge on any atom is -0.384 e. The molecule has 0 radical (unpaired) electrons. The summed E-state index contributed by atoms with van der Waals surface area (Å²) in [4.78, 5) is 18.1. The van der Waals surface area contributed by atoms with Crippen molar-refractivity contribution in [1.82, 2.24) is 9.88 Å². The minimum absolute atomic E-state index is 0.0197. The summed E-state index contributed by atoms with van der Waals surface area (Å²) in [6.07, 6.45) is 4.02. The number of nitrogens with two attached hydrogens (primary N) is 1. The monoisotopic (exact) mass is 230 g/mol. The third kappa shape index (κ3) is 1.58. The van der Waals surface area contributed by atoms with Gasteiger partial charge in [0.2, 0.25) is 0 Å². The molecule has 3 aliphatic rings. The Bertz CT molecular complexity index is 468. The molecule has 0 aromatic carbocycles. The number of nitrogen functional groups attached to an aromatic ring is 1. The molecule has 17 heavy (non-hydrogen) atoms. The number of pyridine rings is 1. The van der Waals surface area contributed by atoms with E-state index in [2.05, 4.69) is 4.98 Å². The number of hydrogen-bond acceptors (Lipinski definition) is 4. The molecule has 0 spiro atoms. The highest BCUT2D eigenvalue weighted by Gasteiger charge is 2.46. The zero-order valence-corrected chi connectivity index (χ0v) is 9.39. The predicted octanol–water partition coefficient (Wildman–Crippen LogP) is 1.06. The second-order valence-electron chi connectivity index (χ2n) is 4.74. The summed E-state index contributed by atoms with van der Waals surface area (Å²) in [6, 6.07) is 3.81. The number of rotatable bonds is 1. The molecule has 1 aromatic heterocycles. The summed E-state index contributed by atoms with van der Waals surface area (Å²) < 4.78 is 0. The molecular formula is C12H14N4O. The van der Waals surface area contributed by atoms with E-state index in [0.29, 0.717) is 11.4 Å². The van der Waals surface area contributed by atoms with Gasteiger partial charge < -0.3 is 16.0 Å². The van der Waals surface area contributed by atoms with Crippen molar-refractivity contribution in [2.45, 2.75) is 31.3 Å². The van der Waals surface area contributed by atoms with Crippen molar-refractivity contribution < 1.29 is 4.79 Å². The molecule has 1 amide bonds. The van der Waals surface area contributed by atoms with Gasteiger partial charge in [0.05, 0.1) is 5.56 Å². The molecule has 1 saturated carbocycles. The summed E-state index contributed by atoms with van der Waals surface area (Å²) in [5.74, 6) is 0.443. The first-order chi connectivity index (χ1) is 8.15. The van der Waals surface area contributed by atoms with Crippen LogP contribution in [0.15, 0.2) is 18.3 Å². The molecule has 2 atom stereocenters. The maximum Gasteiger partial charge on any atom is 0.255 e. The maximum absolute atomic E-state index is 12.2. The fourth-order valence-electron chi connectivity index (χ4n) is 2.73. The normalized spacial score (nSPS) is 26.6. The summed E-state index contributed by atoms with van der Waals surface area (Å²) in [5.41, 5.74) is 6.85. The average Bonchev–Trinajstić information content (AvgIpc) is 2.29. The summed E-state index contributed by atoms with van der Waals surface area (Å²) in [7, 11) is 0. The van der Waals surface area contributed by atoms with Gasteiger partial charge in [0, 0.05) is 36.8 Å². The number of hydrogen-bond donors (Lipinski definition) is 2. The third-order valence-electron chi connectivity index (χ3n) is 3.56. The fraction of sp³-hybridized carbons (Fsp3) is 0.417. The molecule has 0 unspecified atom stereocenters. The Kier molecular flexibility index (Phi) is 2.14. The lowest BCUT2D eigenvalue weighted by Gasteiger charge is -2.52. The van der Waals surface area contributed by atoms with Crippen LogP contribution in [0.2, 0.25) is 0 Å². The Morgan fingerprint density at radius 2 is 2.12 bits per heavy atom. The second-order valence-corrected chi connectivity index (χ2v) is 4.74. The molecular weight excluding hydrogens is 216 g/mol. The number of piperidine rings is 1. The van der Waals surface area contributed by atoms with Crippen LogP contribution in [-0.4, -0.2) is 33.6 Å². The van der Waals surface area contributed by atoms with Gasteiger partial charge in [-0.05, 0) is 18.6 Å². The molecule has 5 nitrogen and oxygen atoms in total. The summed E-state index contributed by atoms with van der Waals surface area (Å²) >= 11 is 0. The summed E-state index contributed by atoms with van der Waals surface area (Å²) in [6.45, 7) is 0. The Balaban J connectivity index is 1.80. The first-order valence-corrected chi connectivity index (χ1v) is 5.75. The van der Waals surface area contributed by atoms with Crippen LogP contribution in [0.5, 0.6) is 0 Å². The van der Waals surface area contributed by atoms with Gasteiger partial charge in [-0.15, -0.1) is 0 Å². The van der Waals surface area contributed by atoms with Gasteiger partial charge in [-0.3, -0.25) is 4.79 Å². The Morgan fingerprint density at radius 1 is 1.41 bits per heavy atom. The summed E-state index contributed by atoms with van der Waals surface area (Å²) in [5, 5.41) is 7.65. The zero-order valence-electron chi connectivity index (χ0n) is 9.39. The standard InChI is InChI=1S/C12H14N4O/c13-8-3-9-5-10(4-8)16(9)12(17)7-1-2-11(14)15-6-7/h1-2,6,9-10,13H,3-5H2,(H2,14,15)/t9-,10+. The van der Waals surface area contributed by atoms with Crippen LogP contribution in [0, 0.1) is 5.41 Å². The number of anilines is 1. The number of carbonyl (C=O) groups is 1. The van der Waals surface area contributed by atoms with Crippen molar-refractivity contribution in [3.63, 3.8) is 0 Å². The maximum atomic E-state index is 12.2. The Hall–Kier alpha value is -1.91. The first kappa shape index (κ1) is 10.3. The van der Waals surface area contributed by atoms with E-state index in [9.17, 15) is 4.79 Å². The van der Waals surface area contributed by atoms with E-state index < -0.39 is 0 Å². The van der Waals surface area contributed by atoms with Gasteiger partial charge in [0.15, 0.2) is 0 Å². The molecule has 2 saturated heterocycles. The number of amides is 1. The van der Waals surface area contributed by atoms with Crippen molar-refractivity contribution in [3.05, 3.63) is 23.9 Å². The topological polar surface area (TPSA) is 83.1 Å². The fourth-order valence-corrected chi connectivity index (χ4v) is 2.73. The number of aromatic nitrogens is 1. The molecule has 4 rings (SSSR count). The van der Waals surface area contributed by atoms with Gasteiger partial charge >= 0.3 is 0 Å². The van der Waals surface area contributed by atoms with Gasteiger partial charge in [-0.2, -0.15) is 0 Å². The Labute approximate surface area is 99.1 Å². The number of carbonyl (C=O) groups excluding carboxylic acids is 1. The lowest BCUT2D eigenvalue weighted by molar-refractivity contribution is 0.0117. The zero-order chi connectivity index (χ0) is 12.0. The highest BCUT2D eigenvalue weighted by atomic mass is 16.2. The molecule has 1 aliphatic carbocycles. The molecule has 88 valence electrons. The van der Waals surface area contributed by atoms with E-state index in [-0.39, 0.29) is 18.0 Å². The van der Waals surface area contributed by atoms with Crippen molar-refractivity contribution in [2.24, 2.45) is 0 Å². The third-order valence-corrected chi connectivity index (χ3v) is 3.56. The van der Waals surface area contributed by atoms with Crippen LogP contribution < -0.4 is 5.73 Å². The van der Waals surface area contributed by atoms with Crippen LogP contribution >= 0.6 is 0 Å². The first-order valence-electron chi connectivity index (χ1n) is 5.75. The number of nitrogens with one attached hydrogen (secondary N) is 1. The number of fused-ring (bicyclic) bond motifs is 2. The van der Waals surface area contributed by atoms with Crippen LogP contribution in [-0.2, 0) is 0 Å². The predicted molar refractivity (Wildman–Crippen MR) is 64.0 cm³/mol. The molecule has 3 N–H and O–H groups in total. The van der Waals surface area contributed by atoms with Crippen LogP contribution in [0.25, 0.3) is 0 Å². The molecule has 3 heterocycles. The van der Waals surface area contributed by atoms with Crippen molar-refractivity contribution >= 4 is 17.4 Å². The van der Waals surface area contributed by atoms with E-state index in [0.717, 1.165) is 25.0 Å². The lowest BCUT2D eigenvalue weighted by atomic mass is 9.78. The highest BCUT2D eigenvalue weighted by Crippen LogP contribution is 2.37. The molecule has 1 aromatic rings. The van der Waals surface area contributed by atoms with Crippen molar-refractivity contribution in [1.29, 1.82) is 5.41 Å². The molecule has 3 fully saturated rings. The SMILES string of the molecule is N=C1C[C@@H]2C[C@H](C1)N2C(=O)c1ccc(N)nc1. The highest BCUT2D eigenvalue weighted by molar-refractivity contribution is 5.97. The Morgan fingerprint density at radius 3 is 2.71 bits per heavy atom. The van der Waals surface area contributed by atoms with E-state index in [4.69, 9.17) is 11.1 Å². The molecule has 2 bridgehead atoms. The lowest BCUT2D eigenvalue weighted by Crippen LogP contribution is -2.63. The van der Waals surface area contributed by atoms with Crippen molar-refractivity contribution in [2.75, 3.05) is 5.73 Å². The van der Waals surface area contributed by atoms with Crippen LogP contribution in [0.3, 0.4) is 0 Å². The van der Waals surface area contributed by atoms with Gasteiger partial charge in [0.25, 0.3) is 5.91 Å². The quantitative estimate of drug-likeness (QED) is 0.756. The van der Waals surface area contributed by atoms with Gasteiger partial charge in [-0.1, -0.05) is 0 Å². The van der Waals surface area contributed by atoms with Gasteiger partial charge in [0.1, 0.15) is 5.82 Å².